The SMILES string of the molecule is COc1ccc(C2=N/C(=C/c3ccc(OC(=O)C(C)C)c(OC)c3)C(=O)O2)cc1. The first-order valence-electron chi connectivity index (χ1n) is 8.98. The van der Waals surface area contributed by atoms with Gasteiger partial charge in [0, 0.05) is 5.56 Å². The maximum Gasteiger partial charge on any atom is 0.363 e. The minimum atomic E-state index is -0.551. The van der Waals surface area contributed by atoms with Crippen molar-refractivity contribution >= 4 is 23.9 Å². The summed E-state index contributed by atoms with van der Waals surface area (Å²) in [6.45, 7) is 3.50. The van der Waals surface area contributed by atoms with Crippen LogP contribution in [0.25, 0.3) is 6.08 Å². The van der Waals surface area contributed by atoms with Crippen molar-refractivity contribution in [1.29, 1.82) is 0 Å². The van der Waals surface area contributed by atoms with Gasteiger partial charge >= 0.3 is 11.9 Å². The van der Waals surface area contributed by atoms with E-state index in [1.165, 1.54) is 7.11 Å². The Morgan fingerprint density at radius 1 is 1.03 bits per heavy atom. The van der Waals surface area contributed by atoms with E-state index in [1.807, 2.05) is 0 Å². The molecule has 0 aromatic heterocycles. The Kier molecular flexibility index (Phi) is 5.97. The number of esters is 2. The molecule has 2 aromatic rings. The molecule has 0 fully saturated rings. The summed E-state index contributed by atoms with van der Waals surface area (Å²) < 4.78 is 21.0. The van der Waals surface area contributed by atoms with E-state index >= 15 is 0 Å². The second kappa shape index (κ2) is 8.60. The molecule has 3 rings (SSSR count). The van der Waals surface area contributed by atoms with Gasteiger partial charge in [0.15, 0.2) is 17.2 Å². The molecule has 2 aromatic carbocycles. The molecule has 150 valence electrons. The minimum absolute atomic E-state index is 0.157. The van der Waals surface area contributed by atoms with Crippen molar-refractivity contribution in [2.45, 2.75) is 13.8 Å². The van der Waals surface area contributed by atoms with Gasteiger partial charge in [0.05, 0.1) is 20.1 Å². The number of cyclic esters (lactones) is 1. The van der Waals surface area contributed by atoms with Gasteiger partial charge in [0.2, 0.25) is 5.90 Å². The van der Waals surface area contributed by atoms with Gasteiger partial charge in [-0.2, -0.15) is 0 Å². The first-order valence-corrected chi connectivity index (χ1v) is 8.98. The van der Waals surface area contributed by atoms with Crippen LogP contribution < -0.4 is 14.2 Å². The molecule has 0 spiro atoms. The van der Waals surface area contributed by atoms with E-state index in [2.05, 4.69) is 4.99 Å². The van der Waals surface area contributed by atoms with Crippen LogP contribution in [0.15, 0.2) is 53.2 Å². The maximum absolute atomic E-state index is 12.2. The van der Waals surface area contributed by atoms with Gasteiger partial charge in [-0.15, -0.1) is 0 Å². The van der Waals surface area contributed by atoms with Crippen molar-refractivity contribution in [2.24, 2.45) is 10.9 Å². The molecular formula is C22H21NO6. The van der Waals surface area contributed by atoms with Gasteiger partial charge in [0.25, 0.3) is 0 Å². The van der Waals surface area contributed by atoms with E-state index in [4.69, 9.17) is 18.9 Å². The van der Waals surface area contributed by atoms with E-state index in [0.717, 1.165) is 0 Å². The Morgan fingerprint density at radius 3 is 2.38 bits per heavy atom. The fraction of sp³-hybridized carbons (Fsp3) is 0.227. The third-order valence-corrected chi connectivity index (χ3v) is 4.13. The summed E-state index contributed by atoms with van der Waals surface area (Å²) >= 11 is 0. The number of nitrogens with zero attached hydrogens (tertiary/aromatic N) is 1. The topological polar surface area (TPSA) is 83.4 Å². The number of carbonyl (C=O) groups is 2. The average Bonchev–Trinajstić information content (AvgIpc) is 3.09. The molecule has 29 heavy (non-hydrogen) atoms. The number of carbonyl (C=O) groups excluding carboxylic acids is 2. The number of methoxy groups -OCH3 is 2. The molecule has 1 aliphatic heterocycles. The van der Waals surface area contributed by atoms with Crippen molar-refractivity contribution < 1.29 is 28.5 Å². The van der Waals surface area contributed by atoms with E-state index in [-0.39, 0.29) is 23.5 Å². The van der Waals surface area contributed by atoms with Crippen LogP contribution in [0.5, 0.6) is 17.2 Å². The lowest BCUT2D eigenvalue weighted by Crippen LogP contribution is -2.15. The molecule has 0 aliphatic carbocycles. The molecule has 7 nitrogen and oxygen atoms in total. The van der Waals surface area contributed by atoms with E-state index in [9.17, 15) is 9.59 Å². The van der Waals surface area contributed by atoms with Crippen LogP contribution in [0.1, 0.15) is 25.0 Å². The summed E-state index contributed by atoms with van der Waals surface area (Å²) in [5.74, 6) is 0.426. The van der Waals surface area contributed by atoms with Gasteiger partial charge < -0.3 is 18.9 Å². The highest BCUT2D eigenvalue weighted by atomic mass is 16.6. The maximum atomic E-state index is 12.2. The van der Waals surface area contributed by atoms with Crippen LogP contribution >= 0.6 is 0 Å². The third kappa shape index (κ3) is 4.63. The number of hydrogen-bond donors (Lipinski definition) is 0. The number of benzene rings is 2. The molecule has 0 unspecified atom stereocenters. The summed E-state index contributed by atoms with van der Waals surface area (Å²) in [6.07, 6.45) is 1.58. The average molecular weight is 395 g/mol. The van der Waals surface area contributed by atoms with Gasteiger partial charge in [0.1, 0.15) is 5.75 Å². The molecule has 0 saturated heterocycles. The van der Waals surface area contributed by atoms with Crippen molar-refractivity contribution in [3.63, 3.8) is 0 Å². The smallest absolute Gasteiger partial charge is 0.363 e. The Balaban J connectivity index is 1.85. The molecular weight excluding hydrogens is 374 g/mol. The summed E-state index contributed by atoms with van der Waals surface area (Å²) in [5.41, 5.74) is 1.47. The lowest BCUT2D eigenvalue weighted by Gasteiger charge is -2.11. The number of aliphatic imine (C=N–C) groups is 1. The molecule has 0 atom stereocenters. The first-order chi connectivity index (χ1) is 13.9. The molecule has 7 heteroatoms. The Labute approximate surface area is 168 Å². The fourth-order valence-electron chi connectivity index (χ4n) is 2.51. The van der Waals surface area contributed by atoms with Crippen LogP contribution in [0.3, 0.4) is 0 Å². The Morgan fingerprint density at radius 2 is 1.76 bits per heavy atom. The first kappa shape index (κ1) is 20.1. The van der Waals surface area contributed by atoms with E-state index in [0.29, 0.717) is 28.4 Å². The molecule has 0 amide bonds. The van der Waals surface area contributed by atoms with Crippen molar-refractivity contribution in [3.05, 3.63) is 59.3 Å². The summed E-state index contributed by atoms with van der Waals surface area (Å²) in [7, 11) is 3.05. The van der Waals surface area contributed by atoms with Gasteiger partial charge in [-0.1, -0.05) is 19.9 Å². The lowest BCUT2D eigenvalue weighted by atomic mass is 10.1. The zero-order valence-electron chi connectivity index (χ0n) is 16.6. The highest BCUT2D eigenvalue weighted by Gasteiger charge is 2.24. The minimum Gasteiger partial charge on any atom is -0.497 e. The number of hydrogen-bond acceptors (Lipinski definition) is 7. The predicted octanol–water partition coefficient (Wildman–Crippen LogP) is 3.61. The summed E-state index contributed by atoms with van der Waals surface area (Å²) in [5, 5.41) is 0. The molecule has 1 heterocycles. The highest BCUT2D eigenvalue weighted by Crippen LogP contribution is 2.30. The molecule has 1 aliphatic rings. The van der Waals surface area contributed by atoms with Crippen LogP contribution in [0.2, 0.25) is 0 Å². The third-order valence-electron chi connectivity index (χ3n) is 4.13. The predicted molar refractivity (Wildman–Crippen MR) is 107 cm³/mol. The standard InChI is InChI=1S/C22H21NO6/c1-13(2)21(24)28-18-10-5-14(12-19(18)27-4)11-17-22(25)29-20(23-17)15-6-8-16(26-3)9-7-15/h5-13H,1-4H3/b17-11+. The second-order valence-electron chi connectivity index (χ2n) is 6.55. The van der Waals surface area contributed by atoms with E-state index < -0.39 is 5.97 Å². The van der Waals surface area contributed by atoms with Gasteiger partial charge in [-0.05, 0) is 48.0 Å². The highest BCUT2D eigenvalue weighted by molar-refractivity contribution is 6.12. The summed E-state index contributed by atoms with van der Waals surface area (Å²) in [4.78, 5) is 28.3. The van der Waals surface area contributed by atoms with E-state index in [1.54, 1.807) is 69.5 Å². The Bertz CT molecular complexity index is 989. The number of ether oxygens (including phenoxy) is 4. The second-order valence-corrected chi connectivity index (χ2v) is 6.55. The van der Waals surface area contributed by atoms with Crippen molar-refractivity contribution in [3.8, 4) is 17.2 Å². The van der Waals surface area contributed by atoms with Crippen LogP contribution in [-0.2, 0) is 14.3 Å². The molecule has 0 radical (unpaired) electrons. The monoisotopic (exact) mass is 395 g/mol. The molecule has 0 N–H and O–H groups in total. The summed E-state index contributed by atoms with van der Waals surface area (Å²) in [6, 6.07) is 12.0. The van der Waals surface area contributed by atoms with Crippen molar-refractivity contribution in [1.82, 2.24) is 0 Å². The Hall–Kier alpha value is -3.61. The fourth-order valence-corrected chi connectivity index (χ4v) is 2.51. The van der Waals surface area contributed by atoms with Gasteiger partial charge in [-0.25, -0.2) is 9.79 Å². The van der Waals surface area contributed by atoms with Gasteiger partial charge in [-0.3, -0.25) is 4.79 Å². The largest absolute Gasteiger partial charge is 0.497 e. The quantitative estimate of drug-likeness (QED) is 0.422. The van der Waals surface area contributed by atoms with Crippen molar-refractivity contribution in [2.75, 3.05) is 14.2 Å². The number of rotatable bonds is 6. The van der Waals surface area contributed by atoms with Crippen LogP contribution in [0, 0.1) is 5.92 Å². The zero-order valence-corrected chi connectivity index (χ0v) is 16.6. The molecule has 0 bridgehead atoms. The normalized spacial score (nSPS) is 14.6. The molecule has 0 saturated carbocycles. The van der Waals surface area contributed by atoms with Crippen LogP contribution in [0.4, 0.5) is 0 Å². The lowest BCUT2D eigenvalue weighted by molar-refractivity contribution is -0.137. The zero-order chi connectivity index (χ0) is 21.0. The van der Waals surface area contributed by atoms with Crippen LogP contribution in [-0.4, -0.2) is 32.1 Å².